The highest BCUT2D eigenvalue weighted by molar-refractivity contribution is 6.37. The highest BCUT2D eigenvalue weighted by atomic mass is 19.1. The van der Waals surface area contributed by atoms with Crippen LogP contribution >= 0.6 is 0 Å². The summed E-state index contributed by atoms with van der Waals surface area (Å²) in [4.78, 5) is 55.4. The van der Waals surface area contributed by atoms with Gasteiger partial charge in [-0.25, -0.2) is 9.29 Å². The van der Waals surface area contributed by atoms with Crippen molar-refractivity contribution in [2.24, 2.45) is 11.8 Å². The molecule has 0 saturated carbocycles. The maximum Gasteiger partial charge on any atom is 0.241 e. The van der Waals surface area contributed by atoms with Gasteiger partial charge in [-0.15, -0.1) is 0 Å². The fourth-order valence-electron chi connectivity index (χ4n) is 5.33. The summed E-state index contributed by atoms with van der Waals surface area (Å²) >= 11 is 0. The van der Waals surface area contributed by atoms with Crippen molar-refractivity contribution >= 4 is 29.1 Å². The average molecular weight is 441 g/mol. The SMILES string of the molecule is O=C1[C@H]2[C@@H](c3ccccc3)OC3(C(=O)c4ccccc4C3=O)[C@H]2C(=O)N1c1cccc(F)c1. The fraction of sp³-hybridized carbons (Fsp3) is 0.154. The van der Waals surface area contributed by atoms with Crippen LogP contribution in [0.5, 0.6) is 0 Å². The first-order valence-electron chi connectivity index (χ1n) is 10.5. The van der Waals surface area contributed by atoms with Crippen LogP contribution in [0.2, 0.25) is 0 Å². The molecule has 2 aliphatic heterocycles. The van der Waals surface area contributed by atoms with E-state index >= 15 is 0 Å². The zero-order valence-corrected chi connectivity index (χ0v) is 17.1. The van der Waals surface area contributed by atoms with Gasteiger partial charge in [-0.05, 0) is 23.8 Å². The van der Waals surface area contributed by atoms with E-state index in [2.05, 4.69) is 0 Å². The number of imide groups is 1. The van der Waals surface area contributed by atoms with Gasteiger partial charge in [-0.2, -0.15) is 0 Å². The number of ketones is 2. The molecule has 6 nitrogen and oxygen atoms in total. The molecule has 162 valence electrons. The van der Waals surface area contributed by atoms with E-state index < -0.39 is 52.7 Å². The summed E-state index contributed by atoms with van der Waals surface area (Å²) in [6.07, 6.45) is -0.992. The molecule has 2 saturated heterocycles. The summed E-state index contributed by atoms with van der Waals surface area (Å²) in [5.74, 6) is -5.70. The standard InChI is InChI=1S/C26H16FNO5/c27-15-9-6-10-16(13-15)28-24(31)19-20(25(28)32)26(33-21(19)14-7-2-1-3-8-14)22(29)17-11-4-5-12-18(17)23(26)30/h1-13,19-21H/t19-,20-,21-/m1/s1. The van der Waals surface area contributed by atoms with Crippen molar-refractivity contribution in [2.75, 3.05) is 4.90 Å². The first kappa shape index (κ1) is 19.7. The van der Waals surface area contributed by atoms with E-state index in [0.717, 1.165) is 11.0 Å². The second kappa shape index (κ2) is 6.76. The van der Waals surface area contributed by atoms with Crippen LogP contribution in [-0.4, -0.2) is 29.0 Å². The number of carbonyl (C=O) groups is 4. The molecular formula is C26H16FNO5. The summed E-state index contributed by atoms with van der Waals surface area (Å²) in [7, 11) is 0. The van der Waals surface area contributed by atoms with E-state index in [0.29, 0.717) is 5.56 Å². The normalized spacial score (nSPS) is 25.1. The predicted molar refractivity (Wildman–Crippen MR) is 114 cm³/mol. The van der Waals surface area contributed by atoms with Crippen molar-refractivity contribution < 1.29 is 28.3 Å². The van der Waals surface area contributed by atoms with Gasteiger partial charge in [0.1, 0.15) is 5.82 Å². The van der Waals surface area contributed by atoms with E-state index in [1.807, 2.05) is 0 Å². The number of anilines is 1. The number of carbonyl (C=O) groups excluding carboxylic acids is 4. The lowest BCUT2D eigenvalue weighted by Crippen LogP contribution is -2.51. The van der Waals surface area contributed by atoms with E-state index in [-0.39, 0.29) is 16.8 Å². The van der Waals surface area contributed by atoms with Crippen LogP contribution in [0.4, 0.5) is 10.1 Å². The van der Waals surface area contributed by atoms with Gasteiger partial charge in [0.25, 0.3) is 0 Å². The summed E-state index contributed by atoms with van der Waals surface area (Å²) in [6.45, 7) is 0. The molecule has 3 aromatic rings. The Kier molecular flexibility index (Phi) is 4.04. The molecule has 3 aromatic carbocycles. The Morgan fingerprint density at radius 1 is 0.758 bits per heavy atom. The van der Waals surface area contributed by atoms with Crippen molar-refractivity contribution in [1.29, 1.82) is 0 Å². The smallest absolute Gasteiger partial charge is 0.241 e. The molecule has 3 aliphatic rings. The number of ether oxygens (including phenoxy) is 1. The first-order valence-corrected chi connectivity index (χ1v) is 10.5. The maximum atomic E-state index is 13.9. The van der Waals surface area contributed by atoms with Crippen molar-refractivity contribution in [3.05, 3.63) is 101 Å². The van der Waals surface area contributed by atoms with Gasteiger partial charge in [0, 0.05) is 11.1 Å². The third kappa shape index (κ3) is 2.45. The van der Waals surface area contributed by atoms with Crippen LogP contribution in [0.25, 0.3) is 0 Å². The molecule has 1 aliphatic carbocycles. The summed E-state index contributed by atoms with van der Waals surface area (Å²) < 4.78 is 20.1. The number of nitrogens with zero attached hydrogens (tertiary/aromatic N) is 1. The Morgan fingerprint density at radius 2 is 1.39 bits per heavy atom. The Labute approximate surface area is 187 Å². The third-order valence-corrected chi connectivity index (χ3v) is 6.71. The minimum Gasteiger partial charge on any atom is -0.349 e. The van der Waals surface area contributed by atoms with Gasteiger partial charge >= 0.3 is 0 Å². The van der Waals surface area contributed by atoms with Crippen LogP contribution in [0.3, 0.4) is 0 Å². The van der Waals surface area contributed by atoms with Gasteiger partial charge in [0.05, 0.1) is 23.6 Å². The molecule has 0 unspecified atom stereocenters. The highest BCUT2D eigenvalue weighted by Crippen LogP contribution is 2.57. The number of hydrogen-bond donors (Lipinski definition) is 0. The van der Waals surface area contributed by atoms with Crippen LogP contribution in [0.15, 0.2) is 78.9 Å². The van der Waals surface area contributed by atoms with Crippen LogP contribution in [0, 0.1) is 17.7 Å². The van der Waals surface area contributed by atoms with E-state index in [1.165, 1.54) is 30.3 Å². The van der Waals surface area contributed by atoms with Crippen molar-refractivity contribution in [1.82, 2.24) is 0 Å². The zero-order valence-electron chi connectivity index (χ0n) is 17.1. The monoisotopic (exact) mass is 441 g/mol. The Hall–Kier alpha value is -3.97. The second-order valence-electron chi connectivity index (χ2n) is 8.38. The lowest BCUT2D eigenvalue weighted by atomic mass is 9.77. The number of rotatable bonds is 2. The Bertz CT molecular complexity index is 1330. The quantitative estimate of drug-likeness (QED) is 0.449. The average Bonchev–Trinajstić information content (AvgIpc) is 3.40. The zero-order chi connectivity index (χ0) is 22.9. The highest BCUT2D eigenvalue weighted by Gasteiger charge is 2.74. The molecule has 2 fully saturated rings. The first-order chi connectivity index (χ1) is 15.9. The molecule has 0 aromatic heterocycles. The van der Waals surface area contributed by atoms with Gasteiger partial charge in [0.2, 0.25) is 29.0 Å². The molecular weight excluding hydrogens is 425 g/mol. The summed E-state index contributed by atoms with van der Waals surface area (Å²) in [6, 6.07) is 20.1. The van der Waals surface area contributed by atoms with Crippen LogP contribution in [0.1, 0.15) is 32.4 Å². The summed E-state index contributed by atoms with van der Waals surface area (Å²) in [5.41, 5.74) is -1.18. The number of fused-ring (bicyclic) bond motifs is 3. The number of amides is 2. The van der Waals surface area contributed by atoms with Gasteiger partial charge < -0.3 is 4.74 Å². The van der Waals surface area contributed by atoms with Crippen LogP contribution in [-0.2, 0) is 14.3 Å². The van der Waals surface area contributed by atoms with Crippen LogP contribution < -0.4 is 4.90 Å². The topological polar surface area (TPSA) is 80.8 Å². The number of Topliss-reactive ketones (excluding diaryl/α,β-unsaturated/α-hetero) is 2. The molecule has 2 amide bonds. The molecule has 3 atom stereocenters. The molecule has 6 rings (SSSR count). The molecule has 7 heteroatoms. The third-order valence-electron chi connectivity index (χ3n) is 6.71. The largest absolute Gasteiger partial charge is 0.349 e. The Morgan fingerprint density at radius 3 is 2.03 bits per heavy atom. The van der Waals surface area contributed by atoms with Crippen molar-refractivity contribution in [3.8, 4) is 0 Å². The molecule has 2 heterocycles. The van der Waals surface area contributed by atoms with Gasteiger partial charge in [-0.3, -0.25) is 19.2 Å². The van der Waals surface area contributed by atoms with E-state index in [1.54, 1.807) is 42.5 Å². The minimum absolute atomic E-state index is 0.0526. The number of hydrogen-bond acceptors (Lipinski definition) is 5. The lowest BCUT2D eigenvalue weighted by Gasteiger charge is -2.27. The van der Waals surface area contributed by atoms with E-state index in [4.69, 9.17) is 4.74 Å². The molecule has 0 N–H and O–H groups in total. The predicted octanol–water partition coefficient (Wildman–Crippen LogP) is 3.52. The van der Waals surface area contributed by atoms with Crippen molar-refractivity contribution in [2.45, 2.75) is 11.7 Å². The minimum atomic E-state index is -2.14. The Balaban J connectivity index is 1.56. The number of benzene rings is 3. The maximum absolute atomic E-state index is 13.9. The number of halogens is 1. The molecule has 1 spiro atoms. The molecule has 33 heavy (non-hydrogen) atoms. The van der Waals surface area contributed by atoms with Crippen molar-refractivity contribution in [3.63, 3.8) is 0 Å². The fourth-order valence-corrected chi connectivity index (χ4v) is 5.33. The second-order valence-corrected chi connectivity index (χ2v) is 8.38. The van der Waals surface area contributed by atoms with E-state index in [9.17, 15) is 23.6 Å². The molecule has 0 bridgehead atoms. The summed E-state index contributed by atoms with van der Waals surface area (Å²) in [5, 5.41) is 0. The molecule has 0 radical (unpaired) electrons. The lowest BCUT2D eigenvalue weighted by molar-refractivity contribution is -0.127. The van der Waals surface area contributed by atoms with Gasteiger partial charge in [-0.1, -0.05) is 60.7 Å². The van der Waals surface area contributed by atoms with Gasteiger partial charge in [0.15, 0.2) is 0 Å².